The molecule has 168 valence electrons. The van der Waals surface area contributed by atoms with E-state index in [0.29, 0.717) is 17.1 Å². The van der Waals surface area contributed by atoms with Crippen LogP contribution in [0.15, 0.2) is 41.4 Å². The average molecular weight is 445 g/mol. The summed E-state index contributed by atoms with van der Waals surface area (Å²) in [5, 5.41) is 7.74. The Balaban J connectivity index is 2.29. The molecule has 0 saturated heterocycles. The number of rotatable bonds is 8. The summed E-state index contributed by atoms with van der Waals surface area (Å²) in [5.74, 6) is 0.216. The number of carbonyl (C=O) groups excluding carboxylic acids is 2. The molecule has 1 aromatic heterocycles. The molecule has 2 rings (SSSR count). The Bertz CT molecular complexity index is 941. The third-order valence-electron chi connectivity index (χ3n) is 4.39. The third kappa shape index (κ3) is 7.43. The van der Waals surface area contributed by atoms with Gasteiger partial charge in [0, 0.05) is 16.0 Å². The maximum Gasteiger partial charge on any atom is 0.268 e. The minimum absolute atomic E-state index is 0.0390. The van der Waals surface area contributed by atoms with Crippen LogP contribution in [0.4, 0.5) is 0 Å². The van der Waals surface area contributed by atoms with Gasteiger partial charge >= 0.3 is 0 Å². The Morgan fingerprint density at radius 3 is 2.26 bits per heavy atom. The van der Waals surface area contributed by atoms with Crippen molar-refractivity contribution in [2.24, 2.45) is 5.41 Å². The van der Waals surface area contributed by atoms with Gasteiger partial charge in [0.1, 0.15) is 5.70 Å². The smallest absolute Gasteiger partial charge is 0.268 e. The summed E-state index contributed by atoms with van der Waals surface area (Å²) >= 11 is 1.49. The lowest BCUT2D eigenvalue weighted by molar-refractivity contribution is -0.119. The number of carbonyl (C=O) groups is 2. The number of benzene rings is 1. The maximum atomic E-state index is 13.1. The molecule has 0 bridgehead atoms. The van der Waals surface area contributed by atoms with Crippen LogP contribution in [0.25, 0.3) is 6.08 Å². The van der Waals surface area contributed by atoms with E-state index < -0.39 is 11.4 Å². The predicted octanol–water partition coefficient (Wildman–Crippen LogP) is 4.87. The van der Waals surface area contributed by atoms with E-state index in [-0.39, 0.29) is 17.0 Å². The van der Waals surface area contributed by atoms with Gasteiger partial charge in [0.2, 0.25) is 0 Å². The van der Waals surface area contributed by atoms with Crippen molar-refractivity contribution in [3.63, 3.8) is 0 Å². The van der Waals surface area contributed by atoms with Crippen molar-refractivity contribution in [1.82, 2.24) is 10.6 Å². The van der Waals surface area contributed by atoms with Crippen LogP contribution >= 0.6 is 11.3 Å². The molecule has 0 aliphatic heterocycles. The number of hydrogen-bond acceptors (Lipinski definition) is 5. The molecule has 0 aliphatic rings. The van der Waals surface area contributed by atoms with E-state index in [1.54, 1.807) is 24.3 Å². The summed E-state index contributed by atoms with van der Waals surface area (Å²) in [6, 6.07) is 8.65. The van der Waals surface area contributed by atoms with Crippen LogP contribution in [-0.2, 0) is 4.79 Å². The molecule has 0 unspecified atom stereocenters. The number of hydrogen-bond donors (Lipinski definition) is 2. The Kier molecular flexibility index (Phi) is 7.90. The second-order valence-corrected chi connectivity index (χ2v) is 10.2. The molecule has 2 amide bonds. The predicted molar refractivity (Wildman–Crippen MR) is 126 cm³/mol. The van der Waals surface area contributed by atoms with Gasteiger partial charge in [0.15, 0.2) is 11.5 Å². The highest BCUT2D eigenvalue weighted by Crippen LogP contribution is 2.28. The van der Waals surface area contributed by atoms with Gasteiger partial charge in [0.25, 0.3) is 11.8 Å². The van der Waals surface area contributed by atoms with Gasteiger partial charge < -0.3 is 20.1 Å². The Labute approximate surface area is 188 Å². The summed E-state index contributed by atoms with van der Waals surface area (Å²) in [4.78, 5) is 26.9. The van der Waals surface area contributed by atoms with Crippen molar-refractivity contribution >= 4 is 29.2 Å². The molecule has 0 atom stereocenters. The number of ether oxygens (including phenoxy) is 2. The summed E-state index contributed by atoms with van der Waals surface area (Å²) in [7, 11) is 3.04. The molecular formula is C24H32N2O4S. The minimum Gasteiger partial charge on any atom is -0.493 e. The molecule has 2 aromatic rings. The topological polar surface area (TPSA) is 76.7 Å². The van der Waals surface area contributed by atoms with Gasteiger partial charge in [-0.3, -0.25) is 9.59 Å². The molecule has 31 heavy (non-hydrogen) atoms. The van der Waals surface area contributed by atoms with E-state index >= 15 is 0 Å². The zero-order chi connectivity index (χ0) is 23.2. The zero-order valence-corrected chi connectivity index (χ0v) is 20.1. The summed E-state index contributed by atoms with van der Waals surface area (Å²) in [6.07, 6.45) is 2.47. The van der Waals surface area contributed by atoms with E-state index in [1.165, 1.54) is 25.6 Å². The molecule has 0 radical (unpaired) electrons. The molecule has 2 N–H and O–H groups in total. The minimum atomic E-state index is -0.446. The van der Waals surface area contributed by atoms with Crippen LogP contribution in [0.3, 0.4) is 0 Å². The van der Waals surface area contributed by atoms with Crippen LogP contribution < -0.4 is 20.1 Å². The van der Waals surface area contributed by atoms with E-state index in [2.05, 4.69) is 31.4 Å². The molecule has 6 nitrogen and oxygen atoms in total. The highest BCUT2D eigenvalue weighted by atomic mass is 32.1. The second kappa shape index (κ2) is 10.0. The van der Waals surface area contributed by atoms with Gasteiger partial charge in [-0.2, -0.15) is 0 Å². The summed E-state index contributed by atoms with van der Waals surface area (Å²) < 4.78 is 10.5. The maximum absolute atomic E-state index is 13.1. The molecule has 1 heterocycles. The van der Waals surface area contributed by atoms with Crippen LogP contribution in [0.1, 0.15) is 56.3 Å². The number of nitrogens with one attached hydrogen (secondary N) is 2. The van der Waals surface area contributed by atoms with Crippen molar-refractivity contribution in [2.45, 2.75) is 46.6 Å². The standard InChI is InChI=1S/C24H32N2O4S/c1-23(2,3)15-24(4,5)26-22(28)18(14-17-9-8-12-31-17)25-21(27)16-10-11-19(29-6)20(13-16)30-7/h8-14H,15H2,1-7H3,(H,25,27)(H,26,28)/b18-14-. The molecule has 7 heteroatoms. The first-order valence-electron chi connectivity index (χ1n) is 10.1. The third-order valence-corrected chi connectivity index (χ3v) is 5.21. The van der Waals surface area contributed by atoms with Crippen LogP contribution in [0.5, 0.6) is 11.5 Å². The van der Waals surface area contributed by atoms with Gasteiger partial charge in [-0.15, -0.1) is 11.3 Å². The molecule has 0 spiro atoms. The first-order valence-corrected chi connectivity index (χ1v) is 10.9. The lowest BCUT2D eigenvalue weighted by atomic mass is 9.82. The Hall–Kier alpha value is -2.80. The lowest BCUT2D eigenvalue weighted by Gasteiger charge is -2.33. The number of methoxy groups -OCH3 is 2. The monoisotopic (exact) mass is 444 g/mol. The zero-order valence-electron chi connectivity index (χ0n) is 19.3. The fourth-order valence-corrected chi connectivity index (χ4v) is 4.25. The first kappa shape index (κ1) is 24.5. The molecule has 0 aliphatic carbocycles. The van der Waals surface area contributed by atoms with Gasteiger partial charge in [-0.25, -0.2) is 0 Å². The molecule has 0 fully saturated rings. The summed E-state index contributed by atoms with van der Waals surface area (Å²) in [6.45, 7) is 10.3. The highest BCUT2D eigenvalue weighted by Gasteiger charge is 2.28. The van der Waals surface area contributed by atoms with E-state index in [4.69, 9.17) is 9.47 Å². The van der Waals surface area contributed by atoms with Crippen molar-refractivity contribution in [3.05, 3.63) is 51.8 Å². The molecular weight excluding hydrogens is 412 g/mol. The first-order chi connectivity index (χ1) is 14.4. The summed E-state index contributed by atoms with van der Waals surface area (Å²) in [5.41, 5.74) is 0.135. The van der Waals surface area contributed by atoms with E-state index in [1.807, 2.05) is 31.4 Å². The Morgan fingerprint density at radius 1 is 1.03 bits per heavy atom. The van der Waals surface area contributed by atoms with Crippen molar-refractivity contribution in [3.8, 4) is 11.5 Å². The number of amides is 2. The van der Waals surface area contributed by atoms with Gasteiger partial charge in [-0.1, -0.05) is 26.8 Å². The van der Waals surface area contributed by atoms with Crippen LogP contribution in [0.2, 0.25) is 0 Å². The molecule has 1 aromatic carbocycles. The van der Waals surface area contributed by atoms with Crippen LogP contribution in [0, 0.1) is 5.41 Å². The average Bonchev–Trinajstić information content (AvgIpc) is 3.17. The van der Waals surface area contributed by atoms with Crippen molar-refractivity contribution in [2.75, 3.05) is 14.2 Å². The van der Waals surface area contributed by atoms with E-state index in [9.17, 15) is 9.59 Å². The van der Waals surface area contributed by atoms with Crippen molar-refractivity contribution in [1.29, 1.82) is 0 Å². The second-order valence-electron chi connectivity index (χ2n) is 9.17. The normalized spacial score (nSPS) is 12.3. The lowest BCUT2D eigenvalue weighted by Crippen LogP contribution is -2.48. The van der Waals surface area contributed by atoms with Crippen molar-refractivity contribution < 1.29 is 19.1 Å². The van der Waals surface area contributed by atoms with Gasteiger partial charge in [0.05, 0.1) is 14.2 Å². The highest BCUT2D eigenvalue weighted by molar-refractivity contribution is 7.10. The fourth-order valence-electron chi connectivity index (χ4n) is 3.59. The van der Waals surface area contributed by atoms with Gasteiger partial charge in [-0.05, 0) is 61.4 Å². The van der Waals surface area contributed by atoms with Crippen LogP contribution in [-0.4, -0.2) is 31.6 Å². The largest absolute Gasteiger partial charge is 0.493 e. The number of thiophene rings is 1. The SMILES string of the molecule is COc1ccc(C(=O)N/C(=C\c2cccs2)C(=O)NC(C)(C)CC(C)(C)C)cc1OC. The quantitative estimate of drug-likeness (QED) is 0.570. The molecule has 0 saturated carbocycles. The van der Waals surface area contributed by atoms with E-state index in [0.717, 1.165) is 11.3 Å². The Morgan fingerprint density at radius 2 is 1.71 bits per heavy atom. The fraction of sp³-hybridized carbons (Fsp3) is 0.417.